The maximum absolute atomic E-state index is 14.6. The number of carbonyl (C=O) groups is 18. The van der Waals surface area contributed by atoms with Gasteiger partial charge in [0.2, 0.25) is 76.8 Å². The van der Waals surface area contributed by atoms with E-state index in [1.54, 1.807) is 102 Å². The number of benzene rings is 2. The minimum absolute atomic E-state index is 0.125. The molecule has 0 aliphatic carbocycles. The molecule has 0 aliphatic heterocycles. The number of carbonyl (C=O) groups excluding carboxylic acids is 13. The second kappa shape index (κ2) is 47.6. The van der Waals surface area contributed by atoms with E-state index in [2.05, 4.69) is 84.1 Å². The molecule has 648 valence electrons. The number of aliphatic hydroxyl groups excluding tert-OH is 1. The molecule has 0 bridgehead atoms. The van der Waals surface area contributed by atoms with Crippen LogP contribution in [0.1, 0.15) is 151 Å². The molecule has 2 aromatic heterocycles. The molecule has 13 amide bonds. The number of aliphatic hydroxyl groups is 1. The van der Waals surface area contributed by atoms with Crippen LogP contribution in [-0.2, 0) is 106 Å². The van der Waals surface area contributed by atoms with Crippen LogP contribution in [0.4, 0.5) is 0 Å². The van der Waals surface area contributed by atoms with Crippen molar-refractivity contribution >= 4 is 118 Å². The number of aliphatic carboxylic acids is 5. The summed E-state index contributed by atoms with van der Waals surface area (Å²) in [5.74, 6) is -23.7. The van der Waals surface area contributed by atoms with Gasteiger partial charge in [-0.15, -0.1) is 0 Å². The first-order valence-corrected chi connectivity index (χ1v) is 38.5. The summed E-state index contributed by atoms with van der Waals surface area (Å²) in [6.45, 7) is 16.5. The lowest BCUT2D eigenvalue weighted by atomic mass is 9.94. The smallest absolute Gasteiger partial charge is 0.326 e. The van der Waals surface area contributed by atoms with Gasteiger partial charge in [0.1, 0.15) is 78.5 Å². The third-order valence-electron chi connectivity index (χ3n) is 19.3. The van der Waals surface area contributed by atoms with E-state index in [0.717, 1.165) is 24.8 Å². The van der Waals surface area contributed by atoms with Crippen LogP contribution in [0.3, 0.4) is 0 Å². The van der Waals surface area contributed by atoms with Crippen molar-refractivity contribution in [2.45, 2.75) is 244 Å². The highest BCUT2D eigenvalue weighted by Crippen LogP contribution is 2.21. The summed E-state index contributed by atoms with van der Waals surface area (Å²) in [4.78, 5) is 252. The Morgan fingerprint density at radius 2 is 0.822 bits per heavy atom. The van der Waals surface area contributed by atoms with Crippen LogP contribution in [0.25, 0.3) is 10.9 Å². The molecule has 0 unspecified atom stereocenters. The average molecular weight is 1660 g/mol. The van der Waals surface area contributed by atoms with Crippen LogP contribution in [-0.4, -0.2) is 243 Å². The van der Waals surface area contributed by atoms with E-state index >= 15 is 0 Å². The molecule has 0 fully saturated rings. The first-order valence-electron chi connectivity index (χ1n) is 38.5. The summed E-state index contributed by atoms with van der Waals surface area (Å²) in [6, 6.07) is -7.52. The van der Waals surface area contributed by atoms with Gasteiger partial charge in [0, 0.05) is 61.1 Å². The van der Waals surface area contributed by atoms with E-state index in [1.165, 1.54) is 33.3 Å². The number of carboxylic acid groups (broad SMARTS) is 5. The molecular formula is C77H111N17O24. The lowest BCUT2D eigenvalue weighted by molar-refractivity contribution is -0.143. The van der Waals surface area contributed by atoms with Gasteiger partial charge in [0.05, 0.1) is 31.3 Å². The lowest BCUT2D eigenvalue weighted by Crippen LogP contribution is -2.62. The number of hydrogen-bond donors (Lipinski definition) is 22. The maximum atomic E-state index is 14.6. The summed E-state index contributed by atoms with van der Waals surface area (Å²) in [6.07, 6.45) is -2.50. The number of para-hydroxylation sites is 1. The van der Waals surface area contributed by atoms with Gasteiger partial charge in [-0.05, 0) is 80.9 Å². The number of fused-ring (bicyclic) bond motifs is 1. The summed E-state index contributed by atoms with van der Waals surface area (Å²) in [5.41, 5.74) is 7.68. The number of nitrogens with one attached hydrogen (secondary N) is 15. The fourth-order valence-corrected chi connectivity index (χ4v) is 12.1. The topological polar surface area (TPSA) is 656 Å². The molecule has 0 radical (unpaired) electrons. The van der Waals surface area contributed by atoms with Gasteiger partial charge in [-0.2, -0.15) is 0 Å². The van der Waals surface area contributed by atoms with E-state index in [-0.39, 0.29) is 37.8 Å². The molecule has 23 N–H and O–H groups in total. The third kappa shape index (κ3) is 32.0. The number of hydrogen-bond acceptors (Lipinski definition) is 21. The SMILES string of the molecule is CC[C@H](C)[C@H](NC(=O)[C@H](CC(=O)O)NC(=O)[C@H](CC(C)C)NC(=O)[C@H](Cc1cnc[nH]1)NC(=O)[C@H](C)NC(=O)[C@H](Cc1ccccc1)NC(=O)[C@@H](NC(=O)[C@@H](NC(=O)[C@H](C)NC(=O)[C@H](CCC(=O)O)NC(=O)[C@H](CCC(=O)O)NC(=O)[C@@H](N)CC(=O)O)C(C)C)[C@@H](C)O)C(=O)N[C@H](C(=O)N[C@@H](Cc1c[nH]c2ccccc12)C(=O)O)[C@@H](C)CC. The second-order valence-electron chi connectivity index (χ2n) is 29.8. The fourth-order valence-electron chi connectivity index (χ4n) is 12.1. The van der Waals surface area contributed by atoms with Crippen LogP contribution in [0.2, 0.25) is 0 Å². The Balaban J connectivity index is 1.53. The van der Waals surface area contributed by atoms with Gasteiger partial charge in [-0.1, -0.05) is 117 Å². The van der Waals surface area contributed by atoms with E-state index in [9.17, 15) is 112 Å². The van der Waals surface area contributed by atoms with Crippen LogP contribution >= 0.6 is 0 Å². The Hall–Kier alpha value is -12.4. The zero-order valence-electron chi connectivity index (χ0n) is 67.4. The molecule has 2 aromatic carbocycles. The van der Waals surface area contributed by atoms with Crippen LogP contribution < -0.4 is 74.9 Å². The number of imidazole rings is 1. The Morgan fingerprint density at radius 1 is 0.407 bits per heavy atom. The van der Waals surface area contributed by atoms with Gasteiger partial charge in [-0.3, -0.25) is 81.5 Å². The number of carboxylic acids is 5. The molecule has 0 aliphatic rings. The normalized spacial score (nSPS) is 15.6. The van der Waals surface area contributed by atoms with E-state index in [1.807, 2.05) is 0 Å². The predicted octanol–water partition coefficient (Wildman–Crippen LogP) is -2.47. The Kier molecular flexibility index (Phi) is 39.5. The summed E-state index contributed by atoms with van der Waals surface area (Å²) in [7, 11) is 0. The maximum Gasteiger partial charge on any atom is 0.326 e. The van der Waals surface area contributed by atoms with Gasteiger partial charge < -0.3 is 115 Å². The largest absolute Gasteiger partial charge is 0.481 e. The predicted molar refractivity (Wildman–Crippen MR) is 420 cm³/mol. The quantitative estimate of drug-likeness (QED) is 0.0218. The summed E-state index contributed by atoms with van der Waals surface area (Å²) in [5, 5.41) is 91.7. The number of nitrogens with two attached hydrogens (primary N) is 1. The van der Waals surface area contributed by atoms with E-state index in [0.29, 0.717) is 17.5 Å². The highest BCUT2D eigenvalue weighted by molar-refractivity contribution is 6.01. The number of aromatic nitrogens is 3. The molecule has 2 heterocycles. The highest BCUT2D eigenvalue weighted by atomic mass is 16.4. The summed E-state index contributed by atoms with van der Waals surface area (Å²) < 4.78 is 0. The van der Waals surface area contributed by atoms with Crippen molar-refractivity contribution in [3.05, 3.63) is 90.1 Å². The molecule has 0 saturated heterocycles. The van der Waals surface area contributed by atoms with Gasteiger partial charge in [0.15, 0.2) is 0 Å². The average Bonchev–Trinajstić information content (AvgIpc) is 1.57. The third-order valence-corrected chi connectivity index (χ3v) is 19.3. The fraction of sp³-hybridized carbons (Fsp3) is 0.545. The van der Waals surface area contributed by atoms with Crippen LogP contribution in [0.5, 0.6) is 0 Å². The van der Waals surface area contributed by atoms with E-state index < -0.39 is 260 Å². The first kappa shape index (κ1) is 97.9. The Morgan fingerprint density at radius 3 is 1.34 bits per heavy atom. The van der Waals surface area contributed by atoms with Crippen molar-refractivity contribution in [3.63, 3.8) is 0 Å². The zero-order chi connectivity index (χ0) is 88.5. The Bertz CT molecular complexity index is 4180. The molecule has 0 spiro atoms. The number of aromatic amines is 2. The van der Waals surface area contributed by atoms with Crippen LogP contribution in [0.15, 0.2) is 73.3 Å². The monoisotopic (exact) mass is 1660 g/mol. The zero-order valence-corrected chi connectivity index (χ0v) is 67.4. The van der Waals surface area contributed by atoms with Crippen molar-refractivity contribution in [2.24, 2.45) is 29.4 Å². The van der Waals surface area contributed by atoms with Gasteiger partial charge >= 0.3 is 29.8 Å². The minimum atomic E-state index is -1.91. The van der Waals surface area contributed by atoms with Crippen molar-refractivity contribution < 1.29 is 117 Å². The lowest BCUT2D eigenvalue weighted by Gasteiger charge is -2.31. The molecule has 118 heavy (non-hydrogen) atoms. The molecule has 41 heteroatoms. The van der Waals surface area contributed by atoms with Gasteiger partial charge in [-0.25, -0.2) is 9.78 Å². The standard InChI is InChI=1S/C77H111N17O24/c1-12-38(7)61(74(114)90-55(77(117)118)29-44-33-80-48-22-18-17-21-46(44)48)93-75(115)62(39(8)13-2)92-72(112)54(32-59(102)103)88-70(110)51(27-36(3)4)87-71(111)53(30-45-34-79-35-81-45)86-64(104)40(9)83-69(109)52(28-43-19-15-14-16-20-43)89-76(116)63(42(11)95)94-73(113)60(37(5)6)91-65(105)41(10)82-67(107)49(23-25-56(96)97)85-68(108)50(24-26-57(98)99)84-66(106)47(78)31-58(100)101/h14-22,33-42,47,49-55,60-63,80,95H,12-13,23-32,78H2,1-11H3,(H,79,81)(H,82,107)(H,83,109)(H,84,106)(H,85,108)(H,86,104)(H,87,111)(H,88,110)(H,89,116)(H,90,114)(H,91,105)(H,92,112)(H,93,115)(H,94,113)(H,96,97)(H,98,99)(H,100,101)(H,102,103)(H,117,118)/t38-,39-,40-,41-,42+,47-,49-,50-,51-,52-,53-,54-,55-,60-,61-,62-,63-/m0/s1. The van der Waals surface area contributed by atoms with Crippen molar-refractivity contribution in [3.8, 4) is 0 Å². The van der Waals surface area contributed by atoms with Crippen molar-refractivity contribution in [1.29, 1.82) is 0 Å². The van der Waals surface area contributed by atoms with Crippen molar-refractivity contribution in [1.82, 2.24) is 84.1 Å². The second-order valence-corrected chi connectivity index (χ2v) is 29.8. The van der Waals surface area contributed by atoms with Crippen molar-refractivity contribution in [2.75, 3.05) is 0 Å². The van der Waals surface area contributed by atoms with E-state index in [4.69, 9.17) is 10.8 Å². The number of amides is 13. The number of rotatable bonds is 51. The molecule has 17 atom stereocenters. The molecule has 4 rings (SSSR count). The van der Waals surface area contributed by atoms with Gasteiger partial charge in [0.25, 0.3) is 0 Å². The molecule has 41 nitrogen and oxygen atoms in total. The molecule has 0 saturated carbocycles. The highest BCUT2D eigenvalue weighted by Gasteiger charge is 2.41. The first-order chi connectivity index (χ1) is 55.4. The number of nitrogens with zero attached hydrogens (tertiary/aromatic N) is 1. The number of H-pyrrole nitrogens is 2. The molecular weight excluding hydrogens is 1550 g/mol. The Labute approximate surface area is 679 Å². The summed E-state index contributed by atoms with van der Waals surface area (Å²) >= 11 is 0. The van der Waals surface area contributed by atoms with Crippen LogP contribution in [0, 0.1) is 23.7 Å². The minimum Gasteiger partial charge on any atom is -0.481 e. The molecule has 4 aromatic rings.